The van der Waals surface area contributed by atoms with Crippen LogP contribution in [0.3, 0.4) is 0 Å². The molecule has 0 aromatic heterocycles. The van der Waals surface area contributed by atoms with Crippen molar-refractivity contribution in [1.29, 1.82) is 0 Å². The van der Waals surface area contributed by atoms with Crippen LogP contribution in [0, 0.1) is 10.1 Å². The number of carbonyl (C=O) groups is 2. The first-order valence-electron chi connectivity index (χ1n) is 8.65. The Hall–Kier alpha value is -3.91. The van der Waals surface area contributed by atoms with Crippen LogP contribution in [0.15, 0.2) is 66.7 Å². The first-order valence-corrected chi connectivity index (χ1v) is 9.03. The summed E-state index contributed by atoms with van der Waals surface area (Å²) >= 11 is 6.21. The Morgan fingerprint density at radius 3 is 2.43 bits per heavy atom. The third-order valence-electron chi connectivity index (χ3n) is 4.12. The first kappa shape index (κ1) is 20.8. The van der Waals surface area contributed by atoms with Gasteiger partial charge >= 0.3 is 5.97 Å². The average molecular weight is 427 g/mol. The molecular weight excluding hydrogens is 412 g/mol. The molecule has 1 amide bonds. The van der Waals surface area contributed by atoms with Crippen molar-refractivity contribution in [3.05, 3.63) is 98.6 Å². The number of anilines is 1. The van der Waals surface area contributed by atoms with Gasteiger partial charge < -0.3 is 15.2 Å². The molecule has 0 aliphatic carbocycles. The Balaban J connectivity index is 1.80. The molecule has 152 valence electrons. The summed E-state index contributed by atoms with van der Waals surface area (Å²) in [7, 11) is 0. The van der Waals surface area contributed by atoms with Gasteiger partial charge in [0.2, 0.25) is 0 Å². The normalized spacial score (nSPS) is 10.3. The molecule has 0 spiro atoms. The molecule has 0 saturated carbocycles. The minimum Gasteiger partial charge on any atom is -0.487 e. The third kappa shape index (κ3) is 4.73. The lowest BCUT2D eigenvalue weighted by atomic mass is 10.0. The number of nitro benzene ring substituents is 1. The fraction of sp³-hybridized carbons (Fsp3) is 0.0476. The molecule has 3 aromatic rings. The molecule has 0 bridgehead atoms. The maximum absolute atomic E-state index is 12.6. The number of hydrogen-bond donors (Lipinski definition) is 2. The molecule has 0 heterocycles. The molecule has 2 N–H and O–H groups in total. The van der Waals surface area contributed by atoms with E-state index in [0.717, 1.165) is 17.7 Å². The predicted octanol–water partition coefficient (Wildman–Crippen LogP) is 4.78. The van der Waals surface area contributed by atoms with Crippen LogP contribution in [-0.4, -0.2) is 21.9 Å². The van der Waals surface area contributed by atoms with Crippen LogP contribution in [0.4, 0.5) is 11.4 Å². The molecule has 0 radical (unpaired) electrons. The Labute approximate surface area is 175 Å². The maximum atomic E-state index is 12.6. The van der Waals surface area contributed by atoms with Crippen LogP contribution in [0.5, 0.6) is 5.75 Å². The molecule has 0 saturated heterocycles. The number of carboxylic acid groups (broad SMARTS) is 1. The summed E-state index contributed by atoms with van der Waals surface area (Å²) in [6.07, 6.45) is 0. The molecule has 3 rings (SSSR count). The van der Waals surface area contributed by atoms with Gasteiger partial charge in [0.1, 0.15) is 17.9 Å². The average Bonchev–Trinajstić information content (AvgIpc) is 2.73. The SMILES string of the molecule is O=C(O)c1cccc([N+](=O)[O-])c1C(=O)Nc1ccc(OCc2ccccc2)c(Cl)c1. The highest BCUT2D eigenvalue weighted by molar-refractivity contribution is 6.32. The Bertz CT molecular complexity index is 1090. The van der Waals surface area contributed by atoms with Gasteiger partial charge in [-0.05, 0) is 29.8 Å². The zero-order valence-corrected chi connectivity index (χ0v) is 16.1. The number of ether oxygens (including phenoxy) is 1. The van der Waals surface area contributed by atoms with Gasteiger partial charge in [0.25, 0.3) is 11.6 Å². The van der Waals surface area contributed by atoms with Crippen LogP contribution in [0.2, 0.25) is 5.02 Å². The Morgan fingerprint density at radius 2 is 1.80 bits per heavy atom. The Kier molecular flexibility index (Phi) is 6.29. The number of carboxylic acids is 1. The molecule has 0 aliphatic heterocycles. The number of carbonyl (C=O) groups excluding carboxylic acids is 1. The molecular formula is C21H15ClN2O6. The lowest BCUT2D eigenvalue weighted by Gasteiger charge is -2.11. The van der Waals surface area contributed by atoms with E-state index in [1.165, 1.54) is 18.2 Å². The molecule has 9 heteroatoms. The van der Waals surface area contributed by atoms with E-state index in [0.29, 0.717) is 12.4 Å². The van der Waals surface area contributed by atoms with Crippen molar-refractivity contribution in [1.82, 2.24) is 0 Å². The smallest absolute Gasteiger partial charge is 0.336 e. The lowest BCUT2D eigenvalue weighted by molar-refractivity contribution is -0.385. The second kappa shape index (κ2) is 9.06. The monoisotopic (exact) mass is 426 g/mol. The van der Waals surface area contributed by atoms with E-state index < -0.39 is 33.6 Å². The second-order valence-electron chi connectivity index (χ2n) is 6.14. The highest BCUT2D eigenvalue weighted by Gasteiger charge is 2.27. The maximum Gasteiger partial charge on any atom is 0.336 e. The van der Waals surface area contributed by atoms with E-state index in [1.807, 2.05) is 30.3 Å². The van der Waals surface area contributed by atoms with E-state index in [-0.39, 0.29) is 10.7 Å². The molecule has 0 atom stereocenters. The molecule has 0 fully saturated rings. The van der Waals surface area contributed by atoms with Gasteiger partial charge in [-0.2, -0.15) is 0 Å². The van der Waals surface area contributed by atoms with Crippen LogP contribution in [-0.2, 0) is 6.61 Å². The van der Waals surface area contributed by atoms with Crippen molar-refractivity contribution in [3.8, 4) is 5.75 Å². The lowest BCUT2D eigenvalue weighted by Crippen LogP contribution is -2.18. The van der Waals surface area contributed by atoms with E-state index in [9.17, 15) is 24.8 Å². The molecule has 3 aromatic carbocycles. The zero-order chi connectivity index (χ0) is 21.7. The van der Waals surface area contributed by atoms with Gasteiger partial charge in [-0.3, -0.25) is 14.9 Å². The number of nitrogens with zero attached hydrogens (tertiary/aromatic N) is 1. The fourth-order valence-corrected chi connectivity index (χ4v) is 2.97. The number of amides is 1. The van der Waals surface area contributed by atoms with E-state index in [1.54, 1.807) is 6.07 Å². The second-order valence-corrected chi connectivity index (χ2v) is 6.54. The topological polar surface area (TPSA) is 119 Å². The number of rotatable bonds is 7. The summed E-state index contributed by atoms with van der Waals surface area (Å²) in [4.78, 5) is 34.4. The van der Waals surface area contributed by atoms with Crippen molar-refractivity contribution in [2.75, 3.05) is 5.32 Å². The highest BCUT2D eigenvalue weighted by Crippen LogP contribution is 2.30. The van der Waals surface area contributed by atoms with Crippen molar-refractivity contribution in [2.24, 2.45) is 0 Å². The molecule has 0 aliphatic rings. The van der Waals surface area contributed by atoms with E-state index in [2.05, 4.69) is 5.32 Å². The van der Waals surface area contributed by atoms with Crippen molar-refractivity contribution >= 4 is 34.9 Å². The van der Waals surface area contributed by atoms with Crippen LogP contribution in [0.1, 0.15) is 26.3 Å². The molecule has 8 nitrogen and oxygen atoms in total. The molecule has 0 unspecified atom stereocenters. The van der Waals surface area contributed by atoms with Crippen molar-refractivity contribution in [3.63, 3.8) is 0 Å². The van der Waals surface area contributed by atoms with Gasteiger partial charge in [0, 0.05) is 11.8 Å². The summed E-state index contributed by atoms with van der Waals surface area (Å²) in [5.41, 5.74) is -0.456. The quantitative estimate of drug-likeness (QED) is 0.414. The summed E-state index contributed by atoms with van der Waals surface area (Å²) < 4.78 is 5.66. The largest absolute Gasteiger partial charge is 0.487 e. The van der Waals surface area contributed by atoms with Crippen LogP contribution in [0.25, 0.3) is 0 Å². The minimum atomic E-state index is -1.45. The number of nitro groups is 1. The summed E-state index contributed by atoms with van der Waals surface area (Å²) in [5.74, 6) is -2.00. The summed E-state index contributed by atoms with van der Waals surface area (Å²) in [6, 6.07) is 17.3. The zero-order valence-electron chi connectivity index (χ0n) is 15.4. The number of nitrogens with one attached hydrogen (secondary N) is 1. The van der Waals surface area contributed by atoms with E-state index >= 15 is 0 Å². The predicted molar refractivity (Wildman–Crippen MR) is 110 cm³/mol. The van der Waals surface area contributed by atoms with Gasteiger partial charge in [-0.15, -0.1) is 0 Å². The summed E-state index contributed by atoms with van der Waals surface area (Å²) in [6.45, 7) is 0.296. The van der Waals surface area contributed by atoms with Crippen molar-refractivity contribution in [2.45, 2.75) is 6.61 Å². The minimum absolute atomic E-state index is 0.213. The summed E-state index contributed by atoms with van der Waals surface area (Å²) in [5, 5.41) is 23.2. The first-order chi connectivity index (χ1) is 14.4. The van der Waals surface area contributed by atoms with Gasteiger partial charge in [-0.1, -0.05) is 48.0 Å². The van der Waals surface area contributed by atoms with Crippen LogP contribution < -0.4 is 10.1 Å². The number of aromatic carboxylic acids is 1. The Morgan fingerprint density at radius 1 is 1.07 bits per heavy atom. The van der Waals surface area contributed by atoms with Gasteiger partial charge in [0.05, 0.1) is 15.5 Å². The molecule has 30 heavy (non-hydrogen) atoms. The van der Waals surface area contributed by atoms with Gasteiger partial charge in [0.15, 0.2) is 0 Å². The van der Waals surface area contributed by atoms with Crippen molar-refractivity contribution < 1.29 is 24.4 Å². The highest BCUT2D eigenvalue weighted by atomic mass is 35.5. The number of halogens is 1. The van der Waals surface area contributed by atoms with Crippen LogP contribution >= 0.6 is 11.6 Å². The van der Waals surface area contributed by atoms with Gasteiger partial charge in [-0.25, -0.2) is 4.79 Å². The van der Waals surface area contributed by atoms with E-state index in [4.69, 9.17) is 16.3 Å². The third-order valence-corrected chi connectivity index (χ3v) is 4.42. The number of hydrogen-bond acceptors (Lipinski definition) is 5. The fourth-order valence-electron chi connectivity index (χ4n) is 2.73. The number of benzene rings is 3. The standard InChI is InChI=1S/C21H15ClN2O6/c22-16-11-14(9-10-18(16)30-12-13-5-2-1-3-6-13)23-20(25)19-15(21(26)27)7-4-8-17(19)24(28)29/h1-11H,12H2,(H,23,25)(H,26,27).